The van der Waals surface area contributed by atoms with Gasteiger partial charge in [-0.3, -0.25) is 14.5 Å². The summed E-state index contributed by atoms with van der Waals surface area (Å²) in [6.07, 6.45) is 3.34. The lowest BCUT2D eigenvalue weighted by molar-refractivity contribution is -0.364. The molecule has 0 spiro atoms. The number of aromatic nitrogens is 5. The SMILES string of the molecule is FC(F)(F)C12CC(N3Cc4cc(Cl)ccc4-n4c(nnc4C4CCN(c5cnccn5)CC4)C3)(C1)C2. The first-order chi connectivity index (χ1) is 17.3. The molecule has 0 atom stereocenters. The van der Waals surface area contributed by atoms with E-state index in [1.165, 1.54) is 0 Å². The van der Waals surface area contributed by atoms with Crippen molar-refractivity contribution in [1.29, 1.82) is 0 Å². The first kappa shape index (κ1) is 22.5. The number of piperidine rings is 1. The van der Waals surface area contributed by atoms with Crippen LogP contribution in [0.4, 0.5) is 19.0 Å². The Morgan fingerprint density at radius 3 is 2.47 bits per heavy atom. The number of halogens is 4. The van der Waals surface area contributed by atoms with Crippen molar-refractivity contribution >= 4 is 17.4 Å². The normalized spacial score (nSPS) is 28.1. The van der Waals surface area contributed by atoms with Crippen LogP contribution in [0.5, 0.6) is 0 Å². The van der Waals surface area contributed by atoms with Crippen LogP contribution in [0.1, 0.15) is 55.2 Å². The van der Waals surface area contributed by atoms with Crippen LogP contribution in [0, 0.1) is 5.41 Å². The van der Waals surface area contributed by atoms with Crippen molar-refractivity contribution in [3.8, 4) is 5.69 Å². The number of fused-ring (bicyclic) bond motifs is 3. The van der Waals surface area contributed by atoms with Gasteiger partial charge < -0.3 is 4.90 Å². The average molecular weight is 516 g/mol. The standard InChI is InChI=1S/C25H25ClF3N7/c26-18-1-2-19-17(9-18)11-35(24-13-23(14-24,15-24)25(27,28)29)12-21-32-33-22(36(19)21)16-3-7-34(8-4-16)20-10-30-5-6-31-20/h1-2,5-6,9-10,16H,3-4,7-8,11-15H2. The number of hydrogen-bond donors (Lipinski definition) is 0. The lowest BCUT2D eigenvalue weighted by atomic mass is 9.38. The molecule has 3 saturated carbocycles. The number of alkyl halides is 3. The second kappa shape index (κ2) is 7.64. The highest BCUT2D eigenvalue weighted by Crippen LogP contribution is 2.75. The van der Waals surface area contributed by atoms with E-state index in [-0.39, 0.29) is 25.2 Å². The van der Waals surface area contributed by atoms with Crippen molar-refractivity contribution in [1.82, 2.24) is 29.6 Å². The molecular formula is C25H25ClF3N7. The molecule has 3 aromatic rings. The van der Waals surface area contributed by atoms with Gasteiger partial charge in [-0.1, -0.05) is 11.6 Å². The highest BCUT2D eigenvalue weighted by atomic mass is 35.5. The van der Waals surface area contributed by atoms with Gasteiger partial charge in [-0.05, 0) is 55.9 Å². The van der Waals surface area contributed by atoms with Crippen molar-refractivity contribution in [2.75, 3.05) is 18.0 Å². The van der Waals surface area contributed by atoms with Crippen molar-refractivity contribution in [2.45, 2.75) is 62.8 Å². The average Bonchev–Trinajstić information content (AvgIpc) is 3.13. The van der Waals surface area contributed by atoms with Gasteiger partial charge in [0.05, 0.1) is 23.8 Å². The molecule has 1 aromatic carbocycles. The minimum atomic E-state index is -4.13. The Morgan fingerprint density at radius 2 is 1.78 bits per heavy atom. The highest BCUT2D eigenvalue weighted by molar-refractivity contribution is 6.30. The Hall–Kier alpha value is -2.72. The zero-order valence-electron chi connectivity index (χ0n) is 19.5. The molecule has 0 unspecified atom stereocenters. The van der Waals surface area contributed by atoms with Gasteiger partial charge in [-0.2, -0.15) is 13.2 Å². The lowest BCUT2D eigenvalue weighted by Crippen LogP contribution is -2.78. The summed E-state index contributed by atoms with van der Waals surface area (Å²) in [5.74, 6) is 2.80. The summed E-state index contributed by atoms with van der Waals surface area (Å²) in [5.41, 5.74) is 0.0701. The number of anilines is 1. The Morgan fingerprint density at radius 1 is 1.00 bits per heavy atom. The van der Waals surface area contributed by atoms with Gasteiger partial charge in [0.2, 0.25) is 0 Å². The first-order valence-electron chi connectivity index (χ1n) is 12.3. The van der Waals surface area contributed by atoms with Gasteiger partial charge in [0, 0.05) is 48.5 Å². The molecule has 11 heteroatoms. The molecule has 0 radical (unpaired) electrons. The van der Waals surface area contributed by atoms with Gasteiger partial charge >= 0.3 is 6.18 Å². The molecule has 0 N–H and O–H groups in total. The van der Waals surface area contributed by atoms with Crippen LogP contribution in [0.15, 0.2) is 36.8 Å². The second-order valence-corrected chi connectivity index (χ2v) is 11.2. The van der Waals surface area contributed by atoms with Crippen LogP contribution in [0.2, 0.25) is 5.02 Å². The summed E-state index contributed by atoms with van der Waals surface area (Å²) >= 11 is 6.37. The fraction of sp³-hybridized carbons (Fsp3) is 0.520. The molecule has 7 nitrogen and oxygen atoms in total. The fourth-order valence-electron chi connectivity index (χ4n) is 6.82. The largest absolute Gasteiger partial charge is 0.394 e. The van der Waals surface area contributed by atoms with E-state index >= 15 is 0 Å². The monoisotopic (exact) mass is 515 g/mol. The number of benzene rings is 1. The minimum Gasteiger partial charge on any atom is -0.355 e. The van der Waals surface area contributed by atoms with Gasteiger partial charge in [0.15, 0.2) is 5.82 Å². The quantitative estimate of drug-likeness (QED) is 0.494. The minimum absolute atomic E-state index is 0.168. The van der Waals surface area contributed by atoms with Crippen molar-refractivity contribution in [2.24, 2.45) is 5.41 Å². The van der Waals surface area contributed by atoms with Gasteiger partial charge in [-0.15, -0.1) is 10.2 Å². The third-order valence-electron chi connectivity index (χ3n) is 8.74. The summed E-state index contributed by atoms with van der Waals surface area (Å²) in [7, 11) is 0. The molecule has 188 valence electrons. The molecule has 36 heavy (non-hydrogen) atoms. The predicted molar refractivity (Wildman–Crippen MR) is 127 cm³/mol. The third kappa shape index (κ3) is 3.23. The molecule has 8 rings (SSSR count). The van der Waals surface area contributed by atoms with Crippen molar-refractivity contribution < 1.29 is 13.2 Å². The predicted octanol–water partition coefficient (Wildman–Crippen LogP) is 4.90. The van der Waals surface area contributed by atoms with Crippen LogP contribution in [-0.4, -0.2) is 54.4 Å². The molecule has 2 aromatic heterocycles. The Kier molecular flexibility index (Phi) is 4.77. The van der Waals surface area contributed by atoms with Crippen molar-refractivity contribution in [3.63, 3.8) is 0 Å². The van der Waals surface area contributed by atoms with Crippen molar-refractivity contribution in [3.05, 3.63) is 59.0 Å². The molecule has 1 saturated heterocycles. The van der Waals surface area contributed by atoms with Crippen LogP contribution < -0.4 is 4.90 Å². The maximum Gasteiger partial charge on any atom is 0.394 e. The first-order valence-corrected chi connectivity index (χ1v) is 12.7. The Balaban J connectivity index is 1.18. The Labute approximate surface area is 211 Å². The van der Waals surface area contributed by atoms with Gasteiger partial charge in [-0.25, -0.2) is 4.98 Å². The molecule has 2 aliphatic heterocycles. The third-order valence-corrected chi connectivity index (χ3v) is 8.97. The van der Waals surface area contributed by atoms with E-state index in [1.807, 2.05) is 18.2 Å². The summed E-state index contributed by atoms with van der Waals surface area (Å²) in [4.78, 5) is 13.0. The fourth-order valence-corrected chi connectivity index (χ4v) is 7.01. The van der Waals surface area contributed by atoms with E-state index in [0.717, 1.165) is 54.6 Å². The number of rotatable bonds is 3. The molecule has 5 aliphatic rings. The Bertz CT molecular complexity index is 1300. The highest BCUT2D eigenvalue weighted by Gasteiger charge is 2.79. The van der Waals surface area contributed by atoms with E-state index < -0.39 is 17.1 Å². The lowest BCUT2D eigenvalue weighted by Gasteiger charge is -2.73. The van der Waals surface area contributed by atoms with Crippen LogP contribution in [0.3, 0.4) is 0 Å². The molecule has 4 heterocycles. The zero-order chi connectivity index (χ0) is 24.7. The topological polar surface area (TPSA) is 63.0 Å². The van der Waals surface area contributed by atoms with E-state index in [0.29, 0.717) is 18.1 Å². The number of nitrogens with zero attached hydrogens (tertiary/aromatic N) is 7. The van der Waals surface area contributed by atoms with Crippen LogP contribution in [0.25, 0.3) is 5.69 Å². The summed E-state index contributed by atoms with van der Waals surface area (Å²) in [5, 5.41) is 9.83. The summed E-state index contributed by atoms with van der Waals surface area (Å²) in [6, 6.07) is 5.79. The molecular weight excluding hydrogens is 491 g/mol. The molecule has 4 fully saturated rings. The van der Waals surface area contributed by atoms with Gasteiger partial charge in [0.25, 0.3) is 0 Å². The van der Waals surface area contributed by atoms with E-state index in [4.69, 9.17) is 11.6 Å². The maximum atomic E-state index is 13.5. The van der Waals surface area contributed by atoms with E-state index in [9.17, 15) is 13.2 Å². The summed E-state index contributed by atoms with van der Waals surface area (Å²) in [6.45, 7) is 2.71. The van der Waals surface area contributed by atoms with E-state index in [2.05, 4.69) is 34.5 Å². The van der Waals surface area contributed by atoms with Gasteiger partial charge in [0.1, 0.15) is 11.6 Å². The zero-order valence-corrected chi connectivity index (χ0v) is 20.3. The van der Waals surface area contributed by atoms with Crippen LogP contribution in [-0.2, 0) is 13.1 Å². The maximum absolute atomic E-state index is 13.5. The van der Waals surface area contributed by atoms with E-state index in [1.54, 1.807) is 18.6 Å². The summed E-state index contributed by atoms with van der Waals surface area (Å²) < 4.78 is 42.8. The second-order valence-electron chi connectivity index (χ2n) is 10.8. The van der Waals surface area contributed by atoms with Crippen LogP contribution >= 0.6 is 11.6 Å². The molecule has 0 amide bonds. The smallest absolute Gasteiger partial charge is 0.355 e. The number of hydrogen-bond acceptors (Lipinski definition) is 6. The molecule has 2 bridgehead atoms. The molecule has 3 aliphatic carbocycles.